The topological polar surface area (TPSA) is 78.3 Å². The van der Waals surface area contributed by atoms with Gasteiger partial charge in [0.25, 0.3) is 0 Å². The van der Waals surface area contributed by atoms with Crippen molar-refractivity contribution < 1.29 is 5.11 Å². The molecule has 9 heteroatoms. The first-order valence-corrected chi connectivity index (χ1v) is 13.8. The molecule has 3 aromatic rings. The van der Waals surface area contributed by atoms with Crippen LogP contribution in [0.4, 0.5) is 11.6 Å². The van der Waals surface area contributed by atoms with Gasteiger partial charge in [-0.15, -0.1) is 0 Å². The summed E-state index contributed by atoms with van der Waals surface area (Å²) >= 11 is 8.23. The van der Waals surface area contributed by atoms with Crippen molar-refractivity contribution in [3.8, 4) is 0 Å². The van der Waals surface area contributed by atoms with Crippen LogP contribution in [0.25, 0.3) is 0 Å². The number of rotatable bonds is 5. The smallest absolute Gasteiger partial charge is 0.148 e. The summed E-state index contributed by atoms with van der Waals surface area (Å²) < 4.78 is 0. The van der Waals surface area contributed by atoms with Crippen molar-refractivity contribution in [3.05, 3.63) is 59.3 Å². The van der Waals surface area contributed by atoms with Crippen molar-refractivity contribution in [3.63, 3.8) is 0 Å². The van der Waals surface area contributed by atoms with Crippen molar-refractivity contribution in [2.24, 2.45) is 11.3 Å². The highest BCUT2D eigenvalue weighted by molar-refractivity contribution is 7.99. The molecule has 0 aromatic carbocycles. The molecule has 188 valence electrons. The van der Waals surface area contributed by atoms with Gasteiger partial charge in [-0.25, -0.2) is 15.0 Å². The number of piperidine rings is 1. The van der Waals surface area contributed by atoms with Crippen LogP contribution >= 0.6 is 23.4 Å². The highest BCUT2D eigenvalue weighted by Crippen LogP contribution is 2.44. The lowest BCUT2D eigenvalue weighted by Crippen LogP contribution is -2.56. The Hall–Kier alpha value is -2.42. The van der Waals surface area contributed by atoms with Gasteiger partial charge in [0.05, 0.1) is 23.0 Å². The zero-order valence-corrected chi connectivity index (χ0v) is 22.3. The quantitative estimate of drug-likeness (QED) is 0.518. The third-order valence-corrected chi connectivity index (χ3v) is 9.55. The predicted octanol–water partition coefficient (Wildman–Crippen LogP) is 4.66. The predicted molar refractivity (Wildman–Crippen MR) is 143 cm³/mol. The highest BCUT2D eigenvalue weighted by atomic mass is 35.5. The van der Waals surface area contributed by atoms with E-state index in [1.165, 1.54) is 23.0 Å². The third kappa shape index (κ3) is 4.55. The number of aromatic nitrogens is 4. The number of nitrogens with zero attached hydrogens (tertiary/aromatic N) is 6. The Morgan fingerprint density at radius 3 is 2.50 bits per heavy atom. The van der Waals surface area contributed by atoms with Crippen molar-refractivity contribution >= 4 is 35.0 Å². The van der Waals surface area contributed by atoms with Crippen LogP contribution in [0.5, 0.6) is 0 Å². The van der Waals surface area contributed by atoms with Gasteiger partial charge >= 0.3 is 0 Å². The fourth-order valence-corrected chi connectivity index (χ4v) is 6.72. The van der Waals surface area contributed by atoms with E-state index in [-0.39, 0.29) is 5.92 Å². The number of aliphatic hydroxyl groups is 1. The Kier molecular flexibility index (Phi) is 6.09. The molecule has 2 saturated heterocycles. The molecule has 0 amide bonds. The first kappa shape index (κ1) is 23.9. The first-order valence-electron chi connectivity index (χ1n) is 12.6. The van der Waals surface area contributed by atoms with E-state index >= 15 is 0 Å². The van der Waals surface area contributed by atoms with Gasteiger partial charge in [0.1, 0.15) is 16.7 Å². The molecular weight excluding hydrogens is 492 g/mol. The molecule has 3 aliphatic rings. The summed E-state index contributed by atoms with van der Waals surface area (Å²) in [5, 5.41) is 11.7. The van der Waals surface area contributed by atoms with E-state index in [0.29, 0.717) is 10.4 Å². The van der Waals surface area contributed by atoms with Crippen LogP contribution in [0.15, 0.2) is 52.9 Å². The molecule has 1 spiro atoms. The molecule has 0 atom stereocenters. The van der Waals surface area contributed by atoms with Crippen molar-refractivity contribution in [2.75, 3.05) is 36.0 Å². The van der Waals surface area contributed by atoms with Gasteiger partial charge in [-0.1, -0.05) is 29.4 Å². The van der Waals surface area contributed by atoms with E-state index in [9.17, 15) is 5.11 Å². The minimum absolute atomic E-state index is 0.218. The van der Waals surface area contributed by atoms with E-state index < -0.39 is 5.60 Å². The van der Waals surface area contributed by atoms with E-state index in [4.69, 9.17) is 16.6 Å². The maximum atomic E-state index is 10.2. The fourth-order valence-electron chi connectivity index (χ4n) is 5.63. The SMILES string of the molecule is CC(C)(O)C1CN(c2nccc(Sc3cnc(N4CCC5(CC4)Cc4cccnc4C5)cn3)c2Cl)C1. The summed E-state index contributed by atoms with van der Waals surface area (Å²) in [6.45, 7) is 7.20. The second-order valence-corrected chi connectivity index (χ2v) is 12.4. The van der Waals surface area contributed by atoms with Crippen LogP contribution < -0.4 is 9.80 Å². The van der Waals surface area contributed by atoms with Crippen molar-refractivity contribution in [1.29, 1.82) is 0 Å². The Morgan fingerprint density at radius 2 is 1.81 bits per heavy atom. The monoisotopic (exact) mass is 522 g/mol. The summed E-state index contributed by atoms with van der Waals surface area (Å²) in [4.78, 5) is 23.9. The second kappa shape index (κ2) is 9.15. The standard InChI is InChI=1S/C27H31ClN6OS/c1-26(2,35)19-16-34(17-19)25-24(28)21(5-9-30-25)36-23-15-31-22(14-32-23)33-10-6-27(7-11-33)12-18-4-3-8-29-20(18)13-27/h3-5,8-9,14-15,19,35H,6-7,10-13,16-17H2,1-2H3. The van der Waals surface area contributed by atoms with E-state index in [0.717, 1.165) is 73.4 Å². The lowest BCUT2D eigenvalue weighted by Gasteiger charge is -2.46. The fraction of sp³-hybridized carbons (Fsp3) is 0.481. The van der Waals surface area contributed by atoms with Gasteiger partial charge in [0.15, 0.2) is 0 Å². The maximum absolute atomic E-state index is 10.2. The summed E-state index contributed by atoms with van der Waals surface area (Å²) in [5.74, 6) is 1.91. The molecule has 0 saturated carbocycles. The van der Waals surface area contributed by atoms with E-state index in [1.807, 2.05) is 38.5 Å². The molecule has 2 fully saturated rings. The molecular formula is C27H31ClN6OS. The van der Waals surface area contributed by atoms with Gasteiger partial charge in [0.2, 0.25) is 0 Å². The van der Waals surface area contributed by atoms with Gasteiger partial charge in [-0.05, 0) is 62.6 Å². The third-order valence-electron chi connectivity index (χ3n) is 8.09. The lowest BCUT2D eigenvalue weighted by molar-refractivity contribution is 0.00438. The maximum Gasteiger partial charge on any atom is 0.148 e. The number of fused-ring (bicyclic) bond motifs is 1. The molecule has 6 rings (SSSR count). The molecule has 0 radical (unpaired) electrons. The minimum atomic E-state index is -0.694. The molecule has 1 aliphatic carbocycles. The van der Waals surface area contributed by atoms with Gasteiger partial charge in [0, 0.05) is 55.1 Å². The number of hydrogen-bond donors (Lipinski definition) is 1. The van der Waals surface area contributed by atoms with Crippen LogP contribution in [0.3, 0.4) is 0 Å². The highest BCUT2D eigenvalue weighted by Gasteiger charge is 2.41. The average Bonchev–Trinajstić information content (AvgIpc) is 3.18. The van der Waals surface area contributed by atoms with Gasteiger partial charge < -0.3 is 14.9 Å². The van der Waals surface area contributed by atoms with Crippen LogP contribution in [-0.2, 0) is 12.8 Å². The normalized spacial score (nSPS) is 19.4. The summed E-state index contributed by atoms with van der Waals surface area (Å²) in [6, 6.07) is 6.21. The molecule has 0 bridgehead atoms. The Morgan fingerprint density at radius 1 is 1.00 bits per heavy atom. The Labute approximate surface area is 221 Å². The first-order chi connectivity index (χ1) is 17.3. The number of halogens is 1. The number of pyridine rings is 2. The average molecular weight is 523 g/mol. The van der Waals surface area contributed by atoms with Crippen LogP contribution in [-0.4, -0.2) is 56.8 Å². The zero-order chi connectivity index (χ0) is 24.9. The number of hydrogen-bond acceptors (Lipinski definition) is 8. The molecule has 5 heterocycles. The molecule has 3 aromatic heterocycles. The Balaban J connectivity index is 1.08. The minimum Gasteiger partial charge on any atom is -0.390 e. The molecule has 36 heavy (non-hydrogen) atoms. The Bertz CT molecular complexity index is 1220. The van der Waals surface area contributed by atoms with Crippen molar-refractivity contribution in [1.82, 2.24) is 19.9 Å². The van der Waals surface area contributed by atoms with E-state index in [2.05, 4.69) is 36.9 Å². The second-order valence-electron chi connectivity index (χ2n) is 11.0. The number of anilines is 2. The molecule has 7 nitrogen and oxygen atoms in total. The zero-order valence-electron chi connectivity index (χ0n) is 20.7. The largest absolute Gasteiger partial charge is 0.390 e. The molecule has 2 aliphatic heterocycles. The van der Waals surface area contributed by atoms with Crippen LogP contribution in [0.2, 0.25) is 5.02 Å². The summed E-state index contributed by atoms with van der Waals surface area (Å²) in [5.41, 5.74) is 2.38. The van der Waals surface area contributed by atoms with Crippen molar-refractivity contribution in [2.45, 2.75) is 55.1 Å². The summed E-state index contributed by atoms with van der Waals surface area (Å²) in [7, 11) is 0. The van der Waals surface area contributed by atoms with E-state index in [1.54, 1.807) is 6.20 Å². The van der Waals surface area contributed by atoms with Gasteiger partial charge in [-0.2, -0.15) is 0 Å². The van der Waals surface area contributed by atoms with Crippen LogP contribution in [0, 0.1) is 11.3 Å². The molecule has 1 N–H and O–H groups in total. The lowest BCUT2D eigenvalue weighted by atomic mass is 9.76. The van der Waals surface area contributed by atoms with Gasteiger partial charge in [-0.3, -0.25) is 4.98 Å². The van der Waals surface area contributed by atoms with Crippen LogP contribution in [0.1, 0.15) is 37.9 Å². The summed E-state index contributed by atoms with van der Waals surface area (Å²) in [6.07, 6.45) is 12.0. The molecule has 0 unspecified atom stereocenters.